The molecule has 1 fully saturated rings. The summed E-state index contributed by atoms with van der Waals surface area (Å²) in [6, 6.07) is 6.03. The number of aryl methyl sites for hydroxylation is 2. The summed E-state index contributed by atoms with van der Waals surface area (Å²) < 4.78 is 7.30. The van der Waals surface area contributed by atoms with Crippen LogP contribution in [0.2, 0.25) is 0 Å². The maximum atomic E-state index is 12.3. The zero-order chi connectivity index (χ0) is 16.2. The number of nitrogens with one attached hydrogen (secondary N) is 1. The molecule has 1 amide bonds. The third-order valence-corrected chi connectivity index (χ3v) is 4.19. The molecule has 0 bridgehead atoms. The molecule has 0 aromatic carbocycles. The maximum Gasteiger partial charge on any atom is 0.242 e. The van der Waals surface area contributed by atoms with Gasteiger partial charge < -0.3 is 10.1 Å². The van der Waals surface area contributed by atoms with Gasteiger partial charge in [-0.25, -0.2) is 0 Å². The molecule has 0 spiro atoms. The summed E-state index contributed by atoms with van der Waals surface area (Å²) in [7, 11) is 0. The highest BCUT2D eigenvalue weighted by molar-refractivity contribution is 5.76. The SMILES string of the molecule is Cc1cc(C)n(CC(=O)NC2COCC2Cc2ccncc2)n1. The zero-order valence-corrected chi connectivity index (χ0v) is 13.5. The molecule has 3 rings (SSSR count). The fraction of sp³-hybridized carbons (Fsp3) is 0.471. The molecule has 2 atom stereocenters. The first kappa shape index (κ1) is 15.7. The van der Waals surface area contributed by atoms with E-state index in [1.807, 2.05) is 32.0 Å². The van der Waals surface area contributed by atoms with E-state index in [2.05, 4.69) is 15.4 Å². The average Bonchev–Trinajstić information content (AvgIpc) is 3.07. The van der Waals surface area contributed by atoms with Gasteiger partial charge in [0.2, 0.25) is 5.91 Å². The van der Waals surface area contributed by atoms with Crippen LogP contribution in [0.15, 0.2) is 30.6 Å². The third-order valence-electron chi connectivity index (χ3n) is 4.19. The Kier molecular flexibility index (Phi) is 4.71. The average molecular weight is 314 g/mol. The van der Waals surface area contributed by atoms with Crippen LogP contribution in [0.1, 0.15) is 17.0 Å². The van der Waals surface area contributed by atoms with Crippen LogP contribution in [0.3, 0.4) is 0 Å². The Labute approximate surface area is 135 Å². The normalized spacial score (nSPS) is 20.6. The fourth-order valence-corrected chi connectivity index (χ4v) is 3.00. The van der Waals surface area contributed by atoms with Gasteiger partial charge in [0.05, 0.1) is 24.9 Å². The molecule has 2 aromatic rings. The van der Waals surface area contributed by atoms with Crippen molar-refractivity contribution in [3.05, 3.63) is 47.5 Å². The number of ether oxygens (including phenoxy) is 1. The van der Waals surface area contributed by atoms with Gasteiger partial charge in [-0.3, -0.25) is 14.5 Å². The van der Waals surface area contributed by atoms with E-state index in [4.69, 9.17) is 4.74 Å². The number of aromatic nitrogens is 3. The van der Waals surface area contributed by atoms with Gasteiger partial charge in [-0.15, -0.1) is 0 Å². The number of rotatable bonds is 5. The van der Waals surface area contributed by atoms with E-state index in [0.717, 1.165) is 17.8 Å². The van der Waals surface area contributed by atoms with E-state index in [1.165, 1.54) is 5.56 Å². The topological polar surface area (TPSA) is 69.0 Å². The van der Waals surface area contributed by atoms with Crippen LogP contribution in [0, 0.1) is 19.8 Å². The van der Waals surface area contributed by atoms with E-state index >= 15 is 0 Å². The second kappa shape index (κ2) is 6.91. The summed E-state index contributed by atoms with van der Waals surface area (Å²) >= 11 is 0. The van der Waals surface area contributed by atoms with Gasteiger partial charge in [0.25, 0.3) is 0 Å². The number of carbonyl (C=O) groups is 1. The maximum absolute atomic E-state index is 12.3. The highest BCUT2D eigenvalue weighted by Crippen LogP contribution is 2.19. The van der Waals surface area contributed by atoms with Crippen molar-refractivity contribution >= 4 is 5.91 Å². The van der Waals surface area contributed by atoms with E-state index in [1.54, 1.807) is 17.1 Å². The number of amides is 1. The molecule has 0 radical (unpaired) electrons. The van der Waals surface area contributed by atoms with Gasteiger partial charge >= 0.3 is 0 Å². The van der Waals surface area contributed by atoms with Crippen molar-refractivity contribution in [1.82, 2.24) is 20.1 Å². The van der Waals surface area contributed by atoms with Crippen LogP contribution < -0.4 is 5.32 Å². The number of pyridine rings is 1. The van der Waals surface area contributed by atoms with Crippen molar-refractivity contribution in [3.8, 4) is 0 Å². The molecule has 122 valence electrons. The number of nitrogens with zero attached hydrogens (tertiary/aromatic N) is 3. The van der Waals surface area contributed by atoms with Crippen molar-refractivity contribution in [2.24, 2.45) is 5.92 Å². The minimum absolute atomic E-state index is 0.0218. The molecule has 23 heavy (non-hydrogen) atoms. The van der Waals surface area contributed by atoms with E-state index in [9.17, 15) is 4.79 Å². The molecule has 6 heteroatoms. The molecule has 1 aliphatic heterocycles. The van der Waals surface area contributed by atoms with Crippen molar-refractivity contribution in [2.45, 2.75) is 32.9 Å². The van der Waals surface area contributed by atoms with Crippen LogP contribution in [0.4, 0.5) is 0 Å². The minimum atomic E-state index is -0.0218. The lowest BCUT2D eigenvalue weighted by Crippen LogP contribution is -2.42. The molecular weight excluding hydrogens is 292 g/mol. The van der Waals surface area contributed by atoms with Crippen LogP contribution >= 0.6 is 0 Å². The zero-order valence-electron chi connectivity index (χ0n) is 13.5. The summed E-state index contributed by atoms with van der Waals surface area (Å²) in [6.45, 7) is 5.37. The standard InChI is InChI=1S/C17H22N4O2/c1-12-7-13(2)21(20-12)9-17(22)19-16-11-23-10-15(16)8-14-3-5-18-6-4-14/h3-7,15-16H,8-11H2,1-2H3,(H,19,22). The highest BCUT2D eigenvalue weighted by atomic mass is 16.5. The summed E-state index contributed by atoms with van der Waals surface area (Å²) in [6.07, 6.45) is 4.47. The van der Waals surface area contributed by atoms with Crippen LogP contribution in [-0.4, -0.2) is 39.9 Å². The van der Waals surface area contributed by atoms with Gasteiger partial charge in [0.1, 0.15) is 6.54 Å². The first-order valence-corrected chi connectivity index (χ1v) is 7.89. The summed E-state index contributed by atoms with van der Waals surface area (Å²) in [5, 5.41) is 7.42. The Morgan fingerprint density at radius 2 is 2.13 bits per heavy atom. The number of hydrogen-bond acceptors (Lipinski definition) is 4. The van der Waals surface area contributed by atoms with Crippen molar-refractivity contribution < 1.29 is 9.53 Å². The molecular formula is C17H22N4O2. The molecule has 1 N–H and O–H groups in total. The Morgan fingerprint density at radius 1 is 1.35 bits per heavy atom. The summed E-state index contributed by atoms with van der Waals surface area (Å²) in [5.41, 5.74) is 3.14. The fourth-order valence-electron chi connectivity index (χ4n) is 3.00. The second-order valence-electron chi connectivity index (χ2n) is 6.12. The molecule has 0 saturated carbocycles. The first-order chi connectivity index (χ1) is 11.1. The molecule has 2 unspecified atom stereocenters. The van der Waals surface area contributed by atoms with Gasteiger partial charge in [-0.1, -0.05) is 0 Å². The molecule has 2 aromatic heterocycles. The lowest BCUT2D eigenvalue weighted by molar-refractivity contribution is -0.122. The Morgan fingerprint density at radius 3 is 2.83 bits per heavy atom. The predicted molar refractivity (Wildman–Crippen MR) is 85.9 cm³/mol. The van der Waals surface area contributed by atoms with Crippen LogP contribution in [0.25, 0.3) is 0 Å². The Hall–Kier alpha value is -2.21. The molecule has 1 aliphatic rings. The molecule has 3 heterocycles. The Bertz CT molecular complexity index is 668. The highest BCUT2D eigenvalue weighted by Gasteiger charge is 2.29. The lowest BCUT2D eigenvalue weighted by Gasteiger charge is -2.19. The van der Waals surface area contributed by atoms with Gasteiger partial charge in [0, 0.05) is 24.0 Å². The van der Waals surface area contributed by atoms with Crippen molar-refractivity contribution in [1.29, 1.82) is 0 Å². The number of hydrogen-bond donors (Lipinski definition) is 1. The van der Waals surface area contributed by atoms with Crippen LogP contribution in [-0.2, 0) is 22.5 Å². The third kappa shape index (κ3) is 3.96. The van der Waals surface area contributed by atoms with Gasteiger partial charge in [0.15, 0.2) is 0 Å². The largest absolute Gasteiger partial charge is 0.379 e. The van der Waals surface area contributed by atoms with Crippen molar-refractivity contribution in [2.75, 3.05) is 13.2 Å². The van der Waals surface area contributed by atoms with Gasteiger partial charge in [-0.05, 0) is 44.0 Å². The first-order valence-electron chi connectivity index (χ1n) is 7.89. The van der Waals surface area contributed by atoms with Crippen LogP contribution in [0.5, 0.6) is 0 Å². The quantitative estimate of drug-likeness (QED) is 0.902. The molecule has 1 saturated heterocycles. The van der Waals surface area contributed by atoms with Crippen molar-refractivity contribution in [3.63, 3.8) is 0 Å². The molecule has 6 nitrogen and oxygen atoms in total. The second-order valence-corrected chi connectivity index (χ2v) is 6.12. The molecule has 0 aliphatic carbocycles. The predicted octanol–water partition coefficient (Wildman–Crippen LogP) is 1.27. The van der Waals surface area contributed by atoms with E-state index < -0.39 is 0 Å². The lowest BCUT2D eigenvalue weighted by atomic mass is 9.95. The summed E-state index contributed by atoms with van der Waals surface area (Å²) in [5.74, 6) is 0.272. The van der Waals surface area contributed by atoms with E-state index in [-0.39, 0.29) is 18.5 Å². The summed E-state index contributed by atoms with van der Waals surface area (Å²) in [4.78, 5) is 16.3. The monoisotopic (exact) mass is 314 g/mol. The van der Waals surface area contributed by atoms with E-state index in [0.29, 0.717) is 19.1 Å². The smallest absolute Gasteiger partial charge is 0.242 e. The number of carbonyl (C=O) groups excluding carboxylic acids is 1. The minimum Gasteiger partial charge on any atom is -0.379 e. The van der Waals surface area contributed by atoms with Gasteiger partial charge in [-0.2, -0.15) is 5.10 Å². The Balaban J connectivity index is 1.58.